The number of aromatic nitrogens is 4. The fourth-order valence-corrected chi connectivity index (χ4v) is 6.53. The van der Waals surface area contributed by atoms with E-state index in [-0.39, 0.29) is 12.1 Å². The molecule has 3 aliphatic heterocycles. The molecule has 2 N–H and O–H groups in total. The highest BCUT2D eigenvalue weighted by Gasteiger charge is 2.39. The number of hydrogen-bond acceptors (Lipinski definition) is 9. The summed E-state index contributed by atoms with van der Waals surface area (Å²) >= 11 is 5.92. The molecule has 1 fully saturated rings. The molecular weight excluding hydrogens is 462 g/mol. The topological polar surface area (TPSA) is 107 Å². The molecule has 0 saturated heterocycles. The molecule has 0 unspecified atom stereocenters. The van der Waals surface area contributed by atoms with E-state index in [2.05, 4.69) is 25.1 Å². The molecule has 6 rings (SSSR count). The van der Waals surface area contributed by atoms with Crippen LogP contribution in [0.1, 0.15) is 31.4 Å². The van der Waals surface area contributed by atoms with E-state index in [9.17, 15) is 9.32 Å². The van der Waals surface area contributed by atoms with Crippen LogP contribution in [0.4, 0.5) is 17.7 Å². The van der Waals surface area contributed by atoms with Gasteiger partial charge in [-0.25, -0.2) is 15.0 Å². The molecule has 2 aromatic rings. The van der Waals surface area contributed by atoms with Gasteiger partial charge in [0, 0.05) is 31.9 Å². The number of rotatable bonds is 5. The van der Waals surface area contributed by atoms with E-state index < -0.39 is 10.8 Å². The van der Waals surface area contributed by atoms with Gasteiger partial charge >= 0.3 is 0 Å². The summed E-state index contributed by atoms with van der Waals surface area (Å²) in [5.74, 6) is 2.64. The number of nitrogens with one attached hydrogen (secondary N) is 1. The molecule has 2 aromatic heterocycles. The maximum absolute atomic E-state index is 12.9. The van der Waals surface area contributed by atoms with Crippen molar-refractivity contribution in [2.24, 2.45) is 0 Å². The summed E-state index contributed by atoms with van der Waals surface area (Å²) in [6.07, 6.45) is 7.79. The first kappa shape index (κ1) is 21.2. The minimum Gasteiger partial charge on any atom is -0.394 e. The Bertz CT molecular complexity index is 1130. The van der Waals surface area contributed by atoms with Crippen LogP contribution in [0.15, 0.2) is 28.4 Å². The van der Waals surface area contributed by atoms with Gasteiger partial charge in [0.25, 0.3) is 0 Å². The smallest absolute Gasteiger partial charge is 0.228 e. The Kier molecular flexibility index (Phi) is 5.26. The Labute approximate surface area is 199 Å². The zero-order valence-electron chi connectivity index (χ0n) is 18.3. The average molecular weight is 488 g/mol. The van der Waals surface area contributed by atoms with Crippen LogP contribution in [0, 0.1) is 0 Å². The first-order chi connectivity index (χ1) is 16.0. The number of aryl methyl sites for hydroxylation is 1. The van der Waals surface area contributed by atoms with Crippen molar-refractivity contribution in [3.8, 4) is 0 Å². The molecule has 1 saturated carbocycles. The second-order valence-electron chi connectivity index (χ2n) is 9.34. The lowest BCUT2D eigenvalue weighted by atomic mass is 9.77. The molecule has 174 valence electrons. The number of hydrogen-bond donors (Lipinski definition) is 2. The molecule has 0 aromatic carbocycles. The van der Waals surface area contributed by atoms with Gasteiger partial charge in [-0.05, 0) is 43.3 Å². The lowest BCUT2D eigenvalue weighted by molar-refractivity contribution is 0.143. The molecule has 0 bridgehead atoms. The Balaban J connectivity index is 1.24. The fourth-order valence-electron chi connectivity index (χ4n) is 5.10. The van der Waals surface area contributed by atoms with Gasteiger partial charge in [0.2, 0.25) is 11.9 Å². The molecule has 9 nitrogen and oxygen atoms in total. The number of aliphatic hydroxyl groups is 1. The summed E-state index contributed by atoms with van der Waals surface area (Å²) in [4.78, 5) is 23.5. The van der Waals surface area contributed by atoms with Gasteiger partial charge in [-0.1, -0.05) is 11.6 Å². The predicted octanol–water partition coefficient (Wildman–Crippen LogP) is 1.94. The quantitative estimate of drug-likeness (QED) is 0.611. The van der Waals surface area contributed by atoms with E-state index in [0.717, 1.165) is 68.9 Å². The van der Waals surface area contributed by atoms with E-state index in [1.165, 1.54) is 11.1 Å². The third kappa shape index (κ3) is 3.77. The molecule has 5 heterocycles. The highest BCUT2D eigenvalue weighted by atomic mass is 35.5. The van der Waals surface area contributed by atoms with Crippen LogP contribution in [0.5, 0.6) is 0 Å². The van der Waals surface area contributed by atoms with Crippen molar-refractivity contribution in [2.45, 2.75) is 42.5 Å². The van der Waals surface area contributed by atoms with Crippen molar-refractivity contribution in [2.75, 3.05) is 53.7 Å². The van der Waals surface area contributed by atoms with Crippen LogP contribution < -0.4 is 15.1 Å². The van der Waals surface area contributed by atoms with Gasteiger partial charge in [0.15, 0.2) is 0 Å². The van der Waals surface area contributed by atoms with Gasteiger partial charge in [-0.15, -0.1) is 0 Å². The molecule has 1 atom stereocenters. The maximum atomic E-state index is 12.9. The molecule has 0 spiro atoms. The van der Waals surface area contributed by atoms with Crippen LogP contribution >= 0.6 is 11.6 Å². The summed E-state index contributed by atoms with van der Waals surface area (Å²) < 4.78 is 12.9. The monoisotopic (exact) mass is 487 g/mol. The van der Waals surface area contributed by atoms with E-state index in [1.807, 2.05) is 0 Å². The predicted molar refractivity (Wildman–Crippen MR) is 127 cm³/mol. The number of fused-ring (bicyclic) bond motifs is 1. The summed E-state index contributed by atoms with van der Waals surface area (Å²) in [5, 5.41) is 14.0. The Morgan fingerprint density at radius 1 is 1.03 bits per heavy atom. The highest BCUT2D eigenvalue weighted by Crippen LogP contribution is 2.39. The summed E-state index contributed by atoms with van der Waals surface area (Å²) in [7, 11) is -1.11. The minimum atomic E-state index is -1.11. The van der Waals surface area contributed by atoms with Gasteiger partial charge in [0.1, 0.15) is 10.7 Å². The van der Waals surface area contributed by atoms with Gasteiger partial charge < -0.3 is 20.2 Å². The van der Waals surface area contributed by atoms with Crippen LogP contribution in [-0.4, -0.2) is 73.3 Å². The zero-order valence-corrected chi connectivity index (χ0v) is 19.8. The Morgan fingerprint density at radius 3 is 2.30 bits per heavy atom. The minimum absolute atomic E-state index is 0.0515. The van der Waals surface area contributed by atoms with Crippen LogP contribution in [0.25, 0.3) is 0 Å². The van der Waals surface area contributed by atoms with E-state index in [4.69, 9.17) is 21.6 Å². The molecule has 0 amide bonds. The van der Waals surface area contributed by atoms with Crippen LogP contribution in [0.2, 0.25) is 5.02 Å². The second-order valence-corrected chi connectivity index (χ2v) is 11.3. The number of anilines is 3. The van der Waals surface area contributed by atoms with Crippen molar-refractivity contribution in [3.63, 3.8) is 0 Å². The third-order valence-electron chi connectivity index (χ3n) is 7.09. The maximum Gasteiger partial charge on any atom is 0.228 e. The normalized spacial score (nSPS) is 23.4. The van der Waals surface area contributed by atoms with Crippen LogP contribution in [-0.2, 0) is 17.2 Å². The second kappa shape index (κ2) is 8.18. The van der Waals surface area contributed by atoms with Crippen molar-refractivity contribution >= 4 is 40.1 Å². The SMILES string of the molecule is O=[S@@]1CCCc2nc(N3CC4=C(CN(c5ncc(Cl)cn5)C4)C3)nc(NC3(CO)CCC3)c21. The van der Waals surface area contributed by atoms with Crippen molar-refractivity contribution in [1.82, 2.24) is 19.9 Å². The summed E-state index contributed by atoms with van der Waals surface area (Å²) in [6.45, 7) is 3.12. The number of halogens is 1. The molecule has 0 radical (unpaired) electrons. The van der Waals surface area contributed by atoms with Crippen LogP contribution in [0.3, 0.4) is 0 Å². The first-order valence-electron chi connectivity index (χ1n) is 11.4. The lowest BCUT2D eigenvalue weighted by Gasteiger charge is -2.42. The largest absolute Gasteiger partial charge is 0.394 e. The van der Waals surface area contributed by atoms with Crippen molar-refractivity contribution < 1.29 is 9.32 Å². The molecule has 11 heteroatoms. The summed E-state index contributed by atoms with van der Waals surface area (Å²) in [6, 6.07) is 0. The molecule has 1 aliphatic carbocycles. The lowest BCUT2D eigenvalue weighted by Crippen LogP contribution is -2.49. The first-order valence-corrected chi connectivity index (χ1v) is 13.1. The Morgan fingerprint density at radius 2 is 1.70 bits per heavy atom. The third-order valence-corrected chi connectivity index (χ3v) is 8.83. The zero-order chi connectivity index (χ0) is 22.6. The fraction of sp³-hybridized carbons (Fsp3) is 0.545. The standard InChI is InChI=1S/C22H26ClN7O2S/c23-16-7-24-20(25-8-16)29-9-14-11-30(12-15(14)10-29)21-26-17-3-1-6-33(32)18(17)19(27-21)28-22(13-31)4-2-5-22/h7-8,31H,1-6,9-13H2,(H,26,27,28)/t33-/m1/s1. The van der Waals surface area contributed by atoms with E-state index in [1.54, 1.807) is 12.4 Å². The highest BCUT2D eigenvalue weighted by molar-refractivity contribution is 7.85. The van der Waals surface area contributed by atoms with E-state index >= 15 is 0 Å². The van der Waals surface area contributed by atoms with Gasteiger partial charge in [-0.2, -0.15) is 4.98 Å². The molecule has 33 heavy (non-hydrogen) atoms. The molecular formula is C22H26ClN7O2S. The Hall–Kier alpha value is -2.30. The number of nitrogens with zero attached hydrogens (tertiary/aromatic N) is 6. The number of aliphatic hydroxyl groups excluding tert-OH is 1. The summed E-state index contributed by atoms with van der Waals surface area (Å²) in [5.41, 5.74) is 3.21. The van der Waals surface area contributed by atoms with Gasteiger partial charge in [-0.3, -0.25) is 4.21 Å². The van der Waals surface area contributed by atoms with E-state index in [0.29, 0.717) is 28.5 Å². The van der Waals surface area contributed by atoms with Gasteiger partial charge in [0.05, 0.1) is 46.1 Å². The average Bonchev–Trinajstić information content (AvgIpc) is 3.36. The van der Waals surface area contributed by atoms with Crippen molar-refractivity contribution in [3.05, 3.63) is 34.3 Å². The molecule has 4 aliphatic rings. The van der Waals surface area contributed by atoms with Crippen molar-refractivity contribution in [1.29, 1.82) is 0 Å².